The van der Waals surface area contributed by atoms with Crippen LogP contribution in [-0.4, -0.2) is 48.5 Å². The summed E-state index contributed by atoms with van der Waals surface area (Å²) in [7, 11) is 0. The van der Waals surface area contributed by atoms with Crippen molar-refractivity contribution in [3.63, 3.8) is 0 Å². The first-order valence-electron chi connectivity index (χ1n) is 6.73. The van der Waals surface area contributed by atoms with Gasteiger partial charge < -0.3 is 20.5 Å². The predicted octanol–water partition coefficient (Wildman–Crippen LogP) is 0.421. The average molecular weight is 258 g/mol. The largest absolute Gasteiger partial charge is 0.391 e. The molecule has 0 aliphatic carbocycles. The maximum atomic E-state index is 11.7. The Morgan fingerprint density at radius 2 is 2.11 bits per heavy atom. The van der Waals surface area contributed by atoms with Crippen molar-refractivity contribution in [3.8, 4) is 0 Å². The van der Waals surface area contributed by atoms with Crippen LogP contribution in [0, 0.1) is 0 Å². The van der Waals surface area contributed by atoms with E-state index < -0.39 is 11.6 Å². The molecule has 1 rings (SSSR count). The van der Waals surface area contributed by atoms with Gasteiger partial charge in [0, 0.05) is 6.42 Å². The highest BCUT2D eigenvalue weighted by Gasteiger charge is 2.25. The van der Waals surface area contributed by atoms with Gasteiger partial charge in [-0.1, -0.05) is 0 Å². The summed E-state index contributed by atoms with van der Waals surface area (Å²) in [5, 5.41) is 15.6. The van der Waals surface area contributed by atoms with Gasteiger partial charge in [-0.3, -0.25) is 4.79 Å². The van der Waals surface area contributed by atoms with Crippen LogP contribution in [-0.2, 0) is 9.53 Å². The first-order chi connectivity index (χ1) is 8.42. The van der Waals surface area contributed by atoms with Crippen LogP contribution in [0.1, 0.15) is 40.0 Å². The zero-order chi connectivity index (χ0) is 13.6. The fraction of sp³-hybridized carbons (Fsp3) is 0.923. The van der Waals surface area contributed by atoms with Gasteiger partial charge in [0.2, 0.25) is 5.91 Å². The van der Waals surface area contributed by atoms with Gasteiger partial charge in [0.15, 0.2) is 0 Å². The van der Waals surface area contributed by atoms with Gasteiger partial charge >= 0.3 is 0 Å². The summed E-state index contributed by atoms with van der Waals surface area (Å²) in [6, 6.07) is 0. The zero-order valence-corrected chi connectivity index (χ0v) is 11.7. The third-order valence-corrected chi connectivity index (χ3v) is 3.47. The molecular formula is C13H26N2O3. The van der Waals surface area contributed by atoms with Crippen LogP contribution in [0.25, 0.3) is 0 Å². The van der Waals surface area contributed by atoms with Gasteiger partial charge in [0.25, 0.3) is 0 Å². The van der Waals surface area contributed by atoms with Crippen molar-refractivity contribution in [3.05, 3.63) is 0 Å². The van der Waals surface area contributed by atoms with Crippen molar-refractivity contribution in [2.45, 2.75) is 57.8 Å². The molecule has 0 bridgehead atoms. The number of aliphatic hydroxyl groups is 1. The van der Waals surface area contributed by atoms with Crippen molar-refractivity contribution in [1.29, 1.82) is 0 Å². The standard InChI is InChI=1S/C13H26N2O3/c1-10(16)13(2,3)15-12(17)6-9-18-11-4-7-14-8-5-11/h10-11,14,16H,4-9H2,1-3H3,(H,15,17). The fourth-order valence-electron chi connectivity index (χ4n) is 1.81. The molecule has 106 valence electrons. The minimum Gasteiger partial charge on any atom is -0.391 e. The van der Waals surface area contributed by atoms with Crippen LogP contribution in [0.5, 0.6) is 0 Å². The number of carbonyl (C=O) groups is 1. The second kappa shape index (κ2) is 7.07. The number of hydrogen-bond acceptors (Lipinski definition) is 4. The van der Waals surface area contributed by atoms with Gasteiger partial charge in [0.05, 0.1) is 24.4 Å². The van der Waals surface area contributed by atoms with E-state index in [1.807, 2.05) is 13.8 Å². The molecule has 1 unspecified atom stereocenters. The molecule has 1 amide bonds. The Kier molecular flexibility index (Phi) is 6.05. The normalized spacial score (nSPS) is 19.6. The van der Waals surface area contributed by atoms with Crippen LogP contribution in [0.2, 0.25) is 0 Å². The van der Waals surface area contributed by atoms with Crippen LogP contribution in [0.4, 0.5) is 0 Å². The van der Waals surface area contributed by atoms with Gasteiger partial charge in [-0.2, -0.15) is 0 Å². The monoisotopic (exact) mass is 258 g/mol. The van der Waals surface area contributed by atoms with Gasteiger partial charge in [-0.15, -0.1) is 0 Å². The highest BCUT2D eigenvalue weighted by molar-refractivity contribution is 5.76. The molecule has 5 heteroatoms. The van der Waals surface area contributed by atoms with Crippen LogP contribution < -0.4 is 10.6 Å². The Balaban J connectivity index is 2.16. The quantitative estimate of drug-likeness (QED) is 0.646. The lowest BCUT2D eigenvalue weighted by Gasteiger charge is -2.29. The molecule has 3 N–H and O–H groups in total. The molecule has 0 aromatic carbocycles. The average Bonchev–Trinajstić information content (AvgIpc) is 2.29. The first-order valence-corrected chi connectivity index (χ1v) is 6.73. The third-order valence-electron chi connectivity index (χ3n) is 3.47. The van der Waals surface area contributed by atoms with Crippen LogP contribution >= 0.6 is 0 Å². The van der Waals surface area contributed by atoms with E-state index in [4.69, 9.17) is 4.74 Å². The van der Waals surface area contributed by atoms with Gasteiger partial charge in [0.1, 0.15) is 0 Å². The van der Waals surface area contributed by atoms with E-state index >= 15 is 0 Å². The Bertz CT molecular complexity index is 261. The lowest BCUT2D eigenvalue weighted by Crippen LogP contribution is -2.51. The minimum absolute atomic E-state index is 0.0742. The fourth-order valence-corrected chi connectivity index (χ4v) is 1.81. The summed E-state index contributed by atoms with van der Waals surface area (Å²) < 4.78 is 5.67. The van der Waals surface area contributed by atoms with Crippen LogP contribution in [0.3, 0.4) is 0 Å². The van der Waals surface area contributed by atoms with E-state index in [2.05, 4.69) is 10.6 Å². The molecule has 1 aliphatic rings. The Hall–Kier alpha value is -0.650. The number of amides is 1. The molecule has 1 atom stereocenters. The maximum absolute atomic E-state index is 11.7. The summed E-state index contributed by atoms with van der Waals surface area (Å²) in [5.74, 6) is -0.0742. The molecule has 1 saturated heterocycles. The Morgan fingerprint density at radius 1 is 1.50 bits per heavy atom. The van der Waals surface area contributed by atoms with E-state index in [9.17, 15) is 9.90 Å². The number of piperidine rings is 1. The van der Waals surface area contributed by atoms with Crippen molar-refractivity contribution in [2.75, 3.05) is 19.7 Å². The second-order valence-corrected chi connectivity index (χ2v) is 5.52. The molecule has 1 fully saturated rings. The number of carbonyl (C=O) groups excluding carboxylic acids is 1. The zero-order valence-electron chi connectivity index (χ0n) is 11.7. The van der Waals surface area contributed by atoms with Crippen LogP contribution in [0.15, 0.2) is 0 Å². The lowest BCUT2D eigenvalue weighted by molar-refractivity contribution is -0.125. The number of aliphatic hydroxyl groups excluding tert-OH is 1. The van der Waals surface area contributed by atoms with Crippen molar-refractivity contribution in [1.82, 2.24) is 10.6 Å². The summed E-state index contributed by atoms with van der Waals surface area (Å²) >= 11 is 0. The summed E-state index contributed by atoms with van der Waals surface area (Å²) in [4.78, 5) is 11.7. The van der Waals surface area contributed by atoms with E-state index in [0.717, 1.165) is 25.9 Å². The highest BCUT2D eigenvalue weighted by atomic mass is 16.5. The SMILES string of the molecule is CC(O)C(C)(C)NC(=O)CCOC1CCNCC1. The molecule has 0 radical (unpaired) electrons. The summed E-state index contributed by atoms with van der Waals surface area (Å²) in [6.07, 6.45) is 2.08. The number of nitrogens with one attached hydrogen (secondary N) is 2. The predicted molar refractivity (Wildman–Crippen MR) is 70.4 cm³/mol. The number of rotatable bonds is 6. The van der Waals surface area contributed by atoms with Crippen molar-refractivity contribution < 1.29 is 14.6 Å². The van der Waals surface area contributed by atoms with Gasteiger partial charge in [-0.25, -0.2) is 0 Å². The molecule has 5 nitrogen and oxygen atoms in total. The molecular weight excluding hydrogens is 232 g/mol. The first kappa shape index (κ1) is 15.4. The summed E-state index contributed by atoms with van der Waals surface area (Å²) in [5.41, 5.74) is -0.591. The molecule has 1 heterocycles. The van der Waals surface area contributed by atoms with Gasteiger partial charge in [-0.05, 0) is 46.7 Å². The van der Waals surface area contributed by atoms with E-state index in [1.54, 1.807) is 6.92 Å². The van der Waals surface area contributed by atoms with E-state index in [0.29, 0.717) is 13.0 Å². The van der Waals surface area contributed by atoms with Crippen molar-refractivity contribution >= 4 is 5.91 Å². The Labute approximate surface area is 109 Å². The number of hydrogen-bond donors (Lipinski definition) is 3. The topological polar surface area (TPSA) is 70.6 Å². The molecule has 0 saturated carbocycles. The number of ether oxygens (including phenoxy) is 1. The maximum Gasteiger partial charge on any atom is 0.222 e. The van der Waals surface area contributed by atoms with Crippen molar-refractivity contribution in [2.24, 2.45) is 0 Å². The molecule has 0 aromatic rings. The smallest absolute Gasteiger partial charge is 0.222 e. The summed E-state index contributed by atoms with van der Waals surface area (Å²) in [6.45, 7) is 7.72. The Morgan fingerprint density at radius 3 is 2.67 bits per heavy atom. The molecule has 0 aromatic heterocycles. The van der Waals surface area contributed by atoms with E-state index in [1.165, 1.54) is 0 Å². The molecule has 1 aliphatic heterocycles. The van der Waals surface area contributed by atoms with E-state index in [-0.39, 0.29) is 12.0 Å². The second-order valence-electron chi connectivity index (χ2n) is 5.52. The lowest BCUT2D eigenvalue weighted by atomic mass is 9.99. The highest BCUT2D eigenvalue weighted by Crippen LogP contribution is 2.10. The third kappa shape index (κ3) is 5.33. The molecule has 0 spiro atoms. The molecule has 18 heavy (non-hydrogen) atoms. The minimum atomic E-state index is -0.591.